The zero-order chi connectivity index (χ0) is 14.7. The van der Waals surface area contributed by atoms with Crippen molar-refractivity contribution in [3.63, 3.8) is 0 Å². The van der Waals surface area contributed by atoms with Crippen LogP contribution in [0.3, 0.4) is 0 Å². The van der Waals surface area contributed by atoms with Gasteiger partial charge in [-0.3, -0.25) is 9.78 Å². The van der Waals surface area contributed by atoms with E-state index in [-0.39, 0.29) is 22.3 Å². The molecule has 3 N–H and O–H groups in total. The average Bonchev–Trinajstić information content (AvgIpc) is 2.41. The van der Waals surface area contributed by atoms with Crippen LogP contribution >= 0.6 is 12.2 Å². The lowest BCUT2D eigenvalue weighted by Crippen LogP contribution is -2.19. The maximum Gasteiger partial charge on any atom is 0.335 e. The third-order valence-electron chi connectivity index (χ3n) is 3.10. The van der Waals surface area contributed by atoms with Gasteiger partial charge in [0.05, 0.1) is 5.56 Å². The minimum Gasteiger partial charge on any atom is -0.478 e. The number of benzene rings is 1. The van der Waals surface area contributed by atoms with Gasteiger partial charge in [-0.1, -0.05) is 25.1 Å². The fraction of sp³-hybridized carbons (Fsp3) is 0.214. The summed E-state index contributed by atoms with van der Waals surface area (Å²) in [6.45, 7) is 1.91. The normalized spacial score (nSPS) is 10.4. The van der Waals surface area contributed by atoms with Gasteiger partial charge in [-0.2, -0.15) is 0 Å². The van der Waals surface area contributed by atoms with E-state index in [1.807, 2.05) is 6.92 Å². The van der Waals surface area contributed by atoms with Crippen LogP contribution in [0.5, 0.6) is 0 Å². The van der Waals surface area contributed by atoms with Crippen molar-refractivity contribution in [2.45, 2.75) is 19.8 Å². The summed E-state index contributed by atoms with van der Waals surface area (Å²) in [5, 5.41) is 9.17. The number of hydrogen-bond donors (Lipinski definition) is 3. The van der Waals surface area contributed by atoms with Gasteiger partial charge in [-0.25, -0.2) is 4.79 Å². The van der Waals surface area contributed by atoms with E-state index in [0.29, 0.717) is 17.5 Å². The van der Waals surface area contributed by atoms with Gasteiger partial charge in [-0.15, -0.1) is 0 Å². The lowest BCUT2D eigenvalue weighted by molar-refractivity contribution is 0.0696. The first-order valence-electron chi connectivity index (χ1n) is 6.18. The first-order valence-corrected chi connectivity index (χ1v) is 6.59. The number of aromatic amines is 2. The van der Waals surface area contributed by atoms with Crippen LogP contribution in [0.4, 0.5) is 0 Å². The molecule has 104 valence electrons. The Bertz CT molecular complexity index is 761. The van der Waals surface area contributed by atoms with Gasteiger partial charge < -0.3 is 10.1 Å². The van der Waals surface area contributed by atoms with E-state index in [4.69, 9.17) is 12.2 Å². The van der Waals surface area contributed by atoms with Gasteiger partial charge in [0.15, 0.2) is 4.77 Å². The van der Waals surface area contributed by atoms with Gasteiger partial charge in [0.1, 0.15) is 0 Å². The minimum absolute atomic E-state index is 0.205. The highest BCUT2D eigenvalue weighted by Gasteiger charge is 2.13. The molecule has 1 aromatic heterocycles. The second-order valence-electron chi connectivity index (χ2n) is 4.36. The second-order valence-corrected chi connectivity index (χ2v) is 4.77. The molecule has 0 unspecified atom stereocenters. The van der Waals surface area contributed by atoms with Crippen molar-refractivity contribution in [2.24, 2.45) is 0 Å². The van der Waals surface area contributed by atoms with Gasteiger partial charge in [0, 0.05) is 17.7 Å². The largest absolute Gasteiger partial charge is 0.478 e. The number of aromatic carboxylic acids is 1. The monoisotopic (exact) mass is 290 g/mol. The van der Waals surface area contributed by atoms with Crippen molar-refractivity contribution in [3.05, 3.63) is 61.8 Å². The molecule has 0 amide bonds. The number of H-pyrrole nitrogens is 2. The number of nitrogens with one attached hydrogen (secondary N) is 2. The quantitative estimate of drug-likeness (QED) is 0.754. The number of hydrogen-bond acceptors (Lipinski definition) is 3. The Hall–Kier alpha value is -2.21. The maximum atomic E-state index is 12.0. The number of aromatic nitrogens is 2. The zero-order valence-electron chi connectivity index (χ0n) is 10.9. The number of carboxylic acid groups (broad SMARTS) is 1. The summed E-state index contributed by atoms with van der Waals surface area (Å²) in [5.74, 6) is -1.00. The summed E-state index contributed by atoms with van der Waals surface area (Å²) in [6.07, 6.45) is 0.880. The fourth-order valence-corrected chi connectivity index (χ4v) is 2.34. The SMILES string of the molecule is CCc1[nH]c(=S)[nH]c(=O)c1Cc1ccccc1C(=O)O. The summed E-state index contributed by atoms with van der Waals surface area (Å²) in [7, 11) is 0. The third kappa shape index (κ3) is 2.85. The molecule has 5 nitrogen and oxygen atoms in total. The zero-order valence-corrected chi connectivity index (χ0v) is 11.7. The molecule has 0 bridgehead atoms. The molecule has 2 rings (SSSR count). The predicted molar refractivity (Wildman–Crippen MR) is 77.8 cm³/mol. The smallest absolute Gasteiger partial charge is 0.335 e. The van der Waals surface area contributed by atoms with Crippen LogP contribution in [-0.4, -0.2) is 21.0 Å². The van der Waals surface area contributed by atoms with Crippen molar-refractivity contribution in [2.75, 3.05) is 0 Å². The number of rotatable bonds is 4. The highest BCUT2D eigenvalue weighted by Crippen LogP contribution is 2.14. The van der Waals surface area contributed by atoms with Crippen LogP contribution in [0.15, 0.2) is 29.1 Å². The molecule has 0 saturated heterocycles. The molecule has 0 aliphatic carbocycles. The summed E-state index contributed by atoms with van der Waals surface area (Å²) >= 11 is 4.94. The maximum absolute atomic E-state index is 12.0. The summed E-state index contributed by atoms with van der Waals surface area (Å²) in [6, 6.07) is 6.66. The Balaban J connectivity index is 2.53. The average molecular weight is 290 g/mol. The van der Waals surface area contributed by atoms with E-state index in [9.17, 15) is 14.7 Å². The Kier molecular flexibility index (Phi) is 4.14. The Labute approximate surface area is 120 Å². The van der Waals surface area contributed by atoms with Crippen molar-refractivity contribution in [3.8, 4) is 0 Å². The predicted octanol–water partition coefficient (Wildman–Crippen LogP) is 2.28. The van der Waals surface area contributed by atoms with Crippen molar-refractivity contribution in [1.82, 2.24) is 9.97 Å². The van der Waals surface area contributed by atoms with E-state index >= 15 is 0 Å². The molecule has 2 aromatic rings. The van der Waals surface area contributed by atoms with Crippen LogP contribution < -0.4 is 5.56 Å². The molecule has 0 fully saturated rings. The fourth-order valence-electron chi connectivity index (χ4n) is 2.12. The molecule has 0 radical (unpaired) electrons. The molecule has 0 aliphatic rings. The Morgan fingerprint density at radius 3 is 2.65 bits per heavy atom. The summed E-state index contributed by atoms with van der Waals surface area (Å²) in [4.78, 5) is 28.7. The molecule has 20 heavy (non-hydrogen) atoms. The van der Waals surface area contributed by atoms with E-state index in [2.05, 4.69) is 9.97 Å². The Morgan fingerprint density at radius 2 is 2.00 bits per heavy atom. The number of carbonyl (C=O) groups is 1. The molecule has 0 atom stereocenters. The summed E-state index contributed by atoms with van der Waals surface area (Å²) < 4.78 is 0.280. The van der Waals surface area contributed by atoms with Gasteiger partial charge in [0.2, 0.25) is 0 Å². The molecule has 6 heteroatoms. The van der Waals surface area contributed by atoms with Crippen LogP contribution in [0.2, 0.25) is 0 Å². The molecule has 0 aliphatic heterocycles. The van der Waals surface area contributed by atoms with Crippen LogP contribution in [0.25, 0.3) is 0 Å². The van der Waals surface area contributed by atoms with Crippen molar-refractivity contribution in [1.29, 1.82) is 0 Å². The first-order chi connectivity index (χ1) is 9.52. The molecule has 0 saturated carbocycles. The lowest BCUT2D eigenvalue weighted by Gasteiger charge is -2.09. The Morgan fingerprint density at radius 1 is 1.30 bits per heavy atom. The second kappa shape index (κ2) is 5.83. The topological polar surface area (TPSA) is 86.0 Å². The van der Waals surface area contributed by atoms with Crippen molar-refractivity contribution >= 4 is 18.2 Å². The minimum atomic E-state index is -1.00. The molecule has 1 aromatic carbocycles. The lowest BCUT2D eigenvalue weighted by atomic mass is 9.99. The summed E-state index contributed by atoms with van der Waals surface area (Å²) in [5.41, 5.74) is 1.79. The van der Waals surface area contributed by atoms with E-state index in [1.165, 1.54) is 6.07 Å². The van der Waals surface area contributed by atoms with Crippen LogP contribution in [0, 0.1) is 4.77 Å². The van der Waals surface area contributed by atoms with Crippen LogP contribution in [0.1, 0.15) is 34.1 Å². The highest BCUT2D eigenvalue weighted by molar-refractivity contribution is 7.71. The van der Waals surface area contributed by atoms with Gasteiger partial charge >= 0.3 is 5.97 Å². The van der Waals surface area contributed by atoms with Crippen molar-refractivity contribution < 1.29 is 9.90 Å². The standard InChI is InChI=1S/C14H14N2O3S/c1-2-11-10(12(17)16-14(20)15-11)7-8-5-3-4-6-9(8)13(18)19/h3-6H,2,7H2,1H3,(H,18,19)(H2,15,16,17,20). The first kappa shape index (κ1) is 14.2. The molecule has 0 spiro atoms. The van der Waals surface area contributed by atoms with E-state index in [0.717, 1.165) is 5.69 Å². The van der Waals surface area contributed by atoms with E-state index < -0.39 is 5.97 Å². The molecule has 1 heterocycles. The van der Waals surface area contributed by atoms with E-state index in [1.54, 1.807) is 18.2 Å². The molecular weight excluding hydrogens is 276 g/mol. The van der Waals surface area contributed by atoms with Gasteiger partial charge in [0.25, 0.3) is 5.56 Å². The highest BCUT2D eigenvalue weighted by atomic mass is 32.1. The van der Waals surface area contributed by atoms with Gasteiger partial charge in [-0.05, 0) is 30.3 Å². The third-order valence-corrected chi connectivity index (χ3v) is 3.30. The van der Waals surface area contributed by atoms with Crippen LogP contribution in [-0.2, 0) is 12.8 Å². The number of aryl methyl sites for hydroxylation is 1. The molecular formula is C14H14N2O3S. The number of carboxylic acids is 1.